The Labute approximate surface area is 197 Å². The van der Waals surface area contributed by atoms with Crippen molar-refractivity contribution in [1.82, 2.24) is 5.32 Å². The predicted molar refractivity (Wildman–Crippen MR) is 132 cm³/mol. The Morgan fingerprint density at radius 3 is 2.15 bits per heavy atom. The highest BCUT2D eigenvalue weighted by atomic mass is 32.2. The number of rotatable bonds is 8. The molecule has 7 heteroatoms. The second-order valence-corrected chi connectivity index (χ2v) is 9.00. The van der Waals surface area contributed by atoms with E-state index in [2.05, 4.69) is 16.0 Å². The van der Waals surface area contributed by atoms with Crippen LogP contribution in [0.3, 0.4) is 0 Å². The van der Waals surface area contributed by atoms with Gasteiger partial charge in [-0.2, -0.15) is 0 Å². The van der Waals surface area contributed by atoms with E-state index < -0.39 is 0 Å². The van der Waals surface area contributed by atoms with E-state index in [1.54, 1.807) is 36.4 Å². The van der Waals surface area contributed by atoms with Gasteiger partial charge < -0.3 is 16.0 Å². The molecule has 1 aliphatic rings. The summed E-state index contributed by atoms with van der Waals surface area (Å²) < 4.78 is 0. The third kappa shape index (κ3) is 6.46. The van der Waals surface area contributed by atoms with Crippen molar-refractivity contribution >= 4 is 40.9 Å². The predicted octanol–water partition coefficient (Wildman–Crippen LogP) is 4.87. The van der Waals surface area contributed by atoms with Gasteiger partial charge in [0.05, 0.1) is 11.3 Å². The van der Waals surface area contributed by atoms with Gasteiger partial charge in [-0.25, -0.2) is 0 Å². The molecule has 3 N–H and O–H groups in total. The lowest BCUT2D eigenvalue weighted by molar-refractivity contribution is -0.113. The van der Waals surface area contributed by atoms with E-state index >= 15 is 0 Å². The molecule has 0 spiro atoms. The van der Waals surface area contributed by atoms with Crippen LogP contribution in [0.15, 0.2) is 77.7 Å². The fourth-order valence-electron chi connectivity index (χ4n) is 3.16. The highest BCUT2D eigenvalue weighted by molar-refractivity contribution is 8.00. The Bertz CT molecular complexity index is 1160. The summed E-state index contributed by atoms with van der Waals surface area (Å²) in [6.07, 6.45) is 2.07. The van der Waals surface area contributed by atoms with Gasteiger partial charge in [-0.05, 0) is 68.3 Å². The highest BCUT2D eigenvalue weighted by Crippen LogP contribution is 2.24. The molecular weight excluding hydrogens is 434 g/mol. The standard InChI is InChI=1S/C26H25N3O3S/c1-17-6-10-19(11-7-17)27-24(30)16-33-23-5-3-2-4-22(23)26(32)29-20-12-8-18(9-13-20)25(31)28-21-14-15-21/h2-13,21H,14-16H2,1H3,(H,27,30)(H,28,31)(H,29,32). The summed E-state index contributed by atoms with van der Waals surface area (Å²) in [7, 11) is 0. The number of anilines is 2. The molecule has 3 aromatic rings. The zero-order valence-corrected chi connectivity index (χ0v) is 19.1. The summed E-state index contributed by atoms with van der Waals surface area (Å²) in [6, 6.07) is 21.9. The first-order valence-electron chi connectivity index (χ1n) is 10.8. The summed E-state index contributed by atoms with van der Waals surface area (Å²) in [4.78, 5) is 38.0. The quantitative estimate of drug-likeness (QED) is 0.420. The van der Waals surface area contributed by atoms with Gasteiger partial charge in [0.2, 0.25) is 5.91 Å². The summed E-state index contributed by atoms with van der Waals surface area (Å²) in [5.74, 6) is -0.324. The SMILES string of the molecule is Cc1ccc(NC(=O)CSc2ccccc2C(=O)Nc2ccc(C(=O)NC3CC3)cc2)cc1. The van der Waals surface area contributed by atoms with Crippen LogP contribution >= 0.6 is 11.8 Å². The summed E-state index contributed by atoms with van der Waals surface area (Å²) >= 11 is 1.31. The number of carbonyl (C=O) groups excluding carboxylic acids is 3. The topological polar surface area (TPSA) is 87.3 Å². The van der Waals surface area contributed by atoms with Gasteiger partial charge in [-0.3, -0.25) is 14.4 Å². The maximum absolute atomic E-state index is 12.9. The lowest BCUT2D eigenvalue weighted by Crippen LogP contribution is -2.25. The van der Waals surface area contributed by atoms with E-state index in [0.29, 0.717) is 22.9 Å². The van der Waals surface area contributed by atoms with E-state index in [-0.39, 0.29) is 23.5 Å². The van der Waals surface area contributed by atoms with Crippen LogP contribution in [0.25, 0.3) is 0 Å². The number of thioether (sulfide) groups is 1. The van der Waals surface area contributed by atoms with Gasteiger partial charge in [0.15, 0.2) is 0 Å². The molecule has 1 aliphatic carbocycles. The fourth-order valence-corrected chi connectivity index (χ4v) is 4.01. The number of benzene rings is 3. The Kier molecular flexibility index (Phi) is 7.10. The maximum atomic E-state index is 12.9. The van der Waals surface area contributed by atoms with E-state index in [9.17, 15) is 14.4 Å². The molecule has 0 aromatic heterocycles. The van der Waals surface area contributed by atoms with Crippen LogP contribution < -0.4 is 16.0 Å². The molecule has 0 unspecified atom stereocenters. The van der Waals surface area contributed by atoms with Gasteiger partial charge in [0.1, 0.15) is 0 Å². The molecule has 0 saturated heterocycles. The maximum Gasteiger partial charge on any atom is 0.256 e. The molecular formula is C26H25N3O3S. The minimum atomic E-state index is -0.271. The molecule has 0 radical (unpaired) electrons. The molecule has 0 bridgehead atoms. The molecule has 3 amide bonds. The van der Waals surface area contributed by atoms with E-state index in [1.165, 1.54) is 11.8 Å². The van der Waals surface area contributed by atoms with Crippen molar-refractivity contribution in [3.63, 3.8) is 0 Å². The minimum Gasteiger partial charge on any atom is -0.349 e. The van der Waals surface area contributed by atoms with Gasteiger partial charge in [-0.15, -0.1) is 11.8 Å². The van der Waals surface area contributed by atoms with Crippen LogP contribution in [0, 0.1) is 6.92 Å². The zero-order chi connectivity index (χ0) is 23.2. The van der Waals surface area contributed by atoms with Crippen molar-refractivity contribution in [1.29, 1.82) is 0 Å². The largest absolute Gasteiger partial charge is 0.349 e. The normalized spacial score (nSPS) is 12.6. The average molecular weight is 460 g/mol. The first-order valence-corrected chi connectivity index (χ1v) is 11.8. The van der Waals surface area contributed by atoms with Gasteiger partial charge in [-0.1, -0.05) is 29.8 Å². The molecule has 0 heterocycles. The lowest BCUT2D eigenvalue weighted by atomic mass is 10.1. The van der Waals surface area contributed by atoms with E-state index in [4.69, 9.17) is 0 Å². The van der Waals surface area contributed by atoms with Crippen LogP contribution in [0.4, 0.5) is 11.4 Å². The lowest BCUT2D eigenvalue weighted by Gasteiger charge is -2.11. The van der Waals surface area contributed by atoms with Crippen molar-refractivity contribution in [3.8, 4) is 0 Å². The van der Waals surface area contributed by atoms with Crippen molar-refractivity contribution in [2.75, 3.05) is 16.4 Å². The monoisotopic (exact) mass is 459 g/mol. The first kappa shape index (κ1) is 22.6. The molecule has 6 nitrogen and oxygen atoms in total. The van der Waals surface area contributed by atoms with Gasteiger partial charge >= 0.3 is 0 Å². The number of hydrogen-bond acceptors (Lipinski definition) is 4. The molecule has 4 rings (SSSR count). The molecule has 33 heavy (non-hydrogen) atoms. The zero-order valence-electron chi connectivity index (χ0n) is 18.3. The van der Waals surface area contributed by atoms with Gasteiger partial charge in [0.25, 0.3) is 11.8 Å². The third-order valence-electron chi connectivity index (χ3n) is 5.14. The molecule has 0 atom stereocenters. The first-order chi connectivity index (χ1) is 16.0. The van der Waals surface area contributed by atoms with Crippen molar-refractivity contribution in [3.05, 3.63) is 89.5 Å². The summed E-state index contributed by atoms with van der Waals surface area (Å²) in [5, 5.41) is 8.67. The van der Waals surface area contributed by atoms with Crippen LogP contribution in [-0.2, 0) is 4.79 Å². The molecule has 0 aliphatic heterocycles. The Balaban J connectivity index is 1.35. The number of nitrogens with one attached hydrogen (secondary N) is 3. The number of hydrogen-bond donors (Lipinski definition) is 3. The minimum absolute atomic E-state index is 0.0963. The highest BCUT2D eigenvalue weighted by Gasteiger charge is 2.23. The van der Waals surface area contributed by atoms with Crippen molar-refractivity contribution in [2.45, 2.75) is 30.7 Å². The average Bonchev–Trinajstić information content (AvgIpc) is 3.64. The Morgan fingerprint density at radius 1 is 0.818 bits per heavy atom. The van der Waals surface area contributed by atoms with E-state index in [1.807, 2.05) is 43.3 Å². The number of amides is 3. The Hall–Kier alpha value is -3.58. The molecule has 3 aromatic carbocycles. The van der Waals surface area contributed by atoms with Crippen LogP contribution in [-0.4, -0.2) is 29.5 Å². The molecule has 1 saturated carbocycles. The Morgan fingerprint density at radius 2 is 1.45 bits per heavy atom. The van der Waals surface area contributed by atoms with Crippen molar-refractivity contribution < 1.29 is 14.4 Å². The fraction of sp³-hybridized carbons (Fsp3) is 0.192. The summed E-state index contributed by atoms with van der Waals surface area (Å²) in [5.41, 5.74) is 3.52. The second-order valence-electron chi connectivity index (χ2n) is 7.98. The summed E-state index contributed by atoms with van der Waals surface area (Å²) in [6.45, 7) is 1.99. The molecule has 168 valence electrons. The van der Waals surface area contributed by atoms with Gasteiger partial charge in [0, 0.05) is 27.9 Å². The smallest absolute Gasteiger partial charge is 0.256 e. The van der Waals surface area contributed by atoms with Crippen LogP contribution in [0.1, 0.15) is 39.1 Å². The van der Waals surface area contributed by atoms with Crippen LogP contribution in [0.2, 0.25) is 0 Å². The van der Waals surface area contributed by atoms with E-state index in [0.717, 1.165) is 29.0 Å². The second kappa shape index (κ2) is 10.4. The third-order valence-corrected chi connectivity index (χ3v) is 6.22. The number of aryl methyl sites for hydroxylation is 1. The van der Waals surface area contributed by atoms with Crippen LogP contribution in [0.5, 0.6) is 0 Å². The van der Waals surface area contributed by atoms with Crippen molar-refractivity contribution in [2.24, 2.45) is 0 Å². The number of carbonyl (C=O) groups is 3. The molecule has 1 fully saturated rings.